The van der Waals surface area contributed by atoms with Crippen LogP contribution >= 0.6 is 23.2 Å². The number of methoxy groups -OCH3 is 2. The number of hydrogen-bond acceptors (Lipinski definition) is 4. The minimum atomic E-state index is -0.211. The fourth-order valence-corrected chi connectivity index (χ4v) is 2.29. The molecule has 0 saturated carbocycles. The summed E-state index contributed by atoms with van der Waals surface area (Å²) >= 11 is 11.9. The molecule has 1 N–H and O–H groups in total. The highest BCUT2D eigenvalue weighted by atomic mass is 35.5. The summed E-state index contributed by atoms with van der Waals surface area (Å²) in [6.45, 7) is 0.171. The SMILES string of the molecule is COc1ccc(NC(=O)CCOc2cc(Cl)ccc2Cl)c(OC)c1. The van der Waals surface area contributed by atoms with Gasteiger partial charge in [0.2, 0.25) is 5.91 Å². The molecule has 0 saturated heterocycles. The Hall–Kier alpha value is -2.11. The lowest BCUT2D eigenvalue weighted by Crippen LogP contribution is -2.15. The first-order valence-electron chi connectivity index (χ1n) is 7.13. The number of amides is 1. The summed E-state index contributed by atoms with van der Waals surface area (Å²) in [7, 11) is 3.08. The van der Waals surface area contributed by atoms with E-state index in [1.165, 1.54) is 7.11 Å². The number of nitrogens with one attached hydrogen (secondary N) is 1. The average Bonchev–Trinajstić information content (AvgIpc) is 2.58. The van der Waals surface area contributed by atoms with Gasteiger partial charge < -0.3 is 19.5 Å². The highest BCUT2D eigenvalue weighted by molar-refractivity contribution is 6.34. The van der Waals surface area contributed by atoms with Crippen LogP contribution in [0.3, 0.4) is 0 Å². The zero-order valence-electron chi connectivity index (χ0n) is 13.3. The second-order valence-electron chi connectivity index (χ2n) is 4.79. The standard InChI is InChI=1S/C17H17Cl2NO4/c1-22-12-4-6-14(16(10-12)23-2)20-17(21)7-8-24-15-9-11(18)3-5-13(15)19/h3-6,9-10H,7-8H2,1-2H3,(H,20,21). The first-order chi connectivity index (χ1) is 11.5. The maximum absolute atomic E-state index is 12.0. The van der Waals surface area contributed by atoms with Gasteiger partial charge in [-0.25, -0.2) is 0 Å². The molecule has 0 fully saturated rings. The van der Waals surface area contributed by atoms with Crippen molar-refractivity contribution in [3.63, 3.8) is 0 Å². The molecule has 0 aliphatic carbocycles. The molecule has 24 heavy (non-hydrogen) atoms. The van der Waals surface area contributed by atoms with Crippen LogP contribution in [0, 0.1) is 0 Å². The van der Waals surface area contributed by atoms with Crippen LogP contribution in [-0.4, -0.2) is 26.7 Å². The van der Waals surface area contributed by atoms with E-state index in [9.17, 15) is 4.79 Å². The third-order valence-electron chi connectivity index (χ3n) is 3.16. The van der Waals surface area contributed by atoms with Crippen molar-refractivity contribution in [1.82, 2.24) is 0 Å². The summed E-state index contributed by atoms with van der Waals surface area (Å²) in [5.41, 5.74) is 0.559. The highest BCUT2D eigenvalue weighted by Crippen LogP contribution is 2.29. The van der Waals surface area contributed by atoms with Gasteiger partial charge in [-0.3, -0.25) is 4.79 Å². The monoisotopic (exact) mass is 369 g/mol. The van der Waals surface area contributed by atoms with Gasteiger partial charge in [-0.05, 0) is 24.3 Å². The van der Waals surface area contributed by atoms with Crippen LogP contribution in [0.1, 0.15) is 6.42 Å². The Kier molecular flexibility index (Phi) is 6.58. The number of halogens is 2. The smallest absolute Gasteiger partial charge is 0.227 e. The third kappa shape index (κ3) is 4.94. The Morgan fingerprint density at radius 1 is 1.04 bits per heavy atom. The summed E-state index contributed by atoms with van der Waals surface area (Å²) < 4.78 is 15.8. The van der Waals surface area contributed by atoms with E-state index in [1.54, 1.807) is 43.5 Å². The van der Waals surface area contributed by atoms with Crippen LogP contribution in [0.5, 0.6) is 17.2 Å². The van der Waals surface area contributed by atoms with E-state index in [-0.39, 0.29) is 18.9 Å². The van der Waals surface area contributed by atoms with Gasteiger partial charge in [0.05, 0.1) is 38.0 Å². The van der Waals surface area contributed by atoms with Crippen LogP contribution in [0.25, 0.3) is 0 Å². The molecule has 0 aliphatic rings. The summed E-state index contributed by atoms with van der Waals surface area (Å²) in [6, 6.07) is 10.1. The average molecular weight is 370 g/mol. The van der Waals surface area contributed by atoms with Gasteiger partial charge in [0.25, 0.3) is 0 Å². The molecule has 2 aromatic rings. The number of carbonyl (C=O) groups is 1. The maximum Gasteiger partial charge on any atom is 0.227 e. The second-order valence-corrected chi connectivity index (χ2v) is 5.63. The van der Waals surface area contributed by atoms with Gasteiger partial charge in [-0.15, -0.1) is 0 Å². The van der Waals surface area contributed by atoms with Crippen molar-refractivity contribution < 1.29 is 19.0 Å². The van der Waals surface area contributed by atoms with Crippen molar-refractivity contribution in [3.8, 4) is 17.2 Å². The van der Waals surface area contributed by atoms with Crippen LogP contribution in [0.2, 0.25) is 10.0 Å². The number of anilines is 1. The number of hydrogen-bond donors (Lipinski definition) is 1. The molecule has 128 valence electrons. The quantitative estimate of drug-likeness (QED) is 0.784. The lowest BCUT2D eigenvalue weighted by molar-refractivity contribution is -0.116. The lowest BCUT2D eigenvalue weighted by Gasteiger charge is -2.12. The molecule has 0 aromatic heterocycles. The van der Waals surface area contributed by atoms with Crippen molar-refractivity contribution >= 4 is 34.8 Å². The predicted molar refractivity (Wildman–Crippen MR) is 94.7 cm³/mol. The van der Waals surface area contributed by atoms with Crippen LogP contribution in [0.15, 0.2) is 36.4 Å². The van der Waals surface area contributed by atoms with E-state index in [0.29, 0.717) is 33.0 Å². The zero-order chi connectivity index (χ0) is 17.5. The molecule has 5 nitrogen and oxygen atoms in total. The minimum absolute atomic E-state index is 0.151. The number of carbonyl (C=O) groups excluding carboxylic acids is 1. The first kappa shape index (κ1) is 18.2. The largest absolute Gasteiger partial charge is 0.497 e. The highest BCUT2D eigenvalue weighted by Gasteiger charge is 2.10. The van der Waals surface area contributed by atoms with Gasteiger partial charge >= 0.3 is 0 Å². The van der Waals surface area contributed by atoms with Crippen LogP contribution in [0.4, 0.5) is 5.69 Å². The molecule has 0 aliphatic heterocycles. The second kappa shape index (κ2) is 8.66. The van der Waals surface area contributed by atoms with E-state index < -0.39 is 0 Å². The summed E-state index contributed by atoms with van der Waals surface area (Å²) in [5.74, 6) is 1.39. The van der Waals surface area contributed by atoms with E-state index in [1.807, 2.05) is 0 Å². The normalized spacial score (nSPS) is 10.2. The molecule has 2 rings (SSSR count). The van der Waals surface area contributed by atoms with E-state index in [0.717, 1.165) is 0 Å². The number of ether oxygens (including phenoxy) is 3. The van der Waals surface area contributed by atoms with Crippen molar-refractivity contribution in [2.45, 2.75) is 6.42 Å². The summed E-state index contributed by atoms with van der Waals surface area (Å²) in [5, 5.41) is 3.72. The van der Waals surface area contributed by atoms with Crippen molar-refractivity contribution in [3.05, 3.63) is 46.4 Å². The Labute approximate surface area is 150 Å². The Bertz CT molecular complexity index is 722. The molecule has 0 heterocycles. The van der Waals surface area contributed by atoms with Crippen molar-refractivity contribution in [2.24, 2.45) is 0 Å². The molecule has 0 atom stereocenters. The minimum Gasteiger partial charge on any atom is -0.497 e. The molecule has 0 spiro atoms. The zero-order valence-corrected chi connectivity index (χ0v) is 14.8. The Morgan fingerprint density at radius 2 is 1.83 bits per heavy atom. The molecular formula is C17H17Cl2NO4. The van der Waals surface area contributed by atoms with Crippen molar-refractivity contribution in [1.29, 1.82) is 0 Å². The Morgan fingerprint density at radius 3 is 2.54 bits per heavy atom. The molecule has 0 unspecified atom stereocenters. The fraction of sp³-hybridized carbons (Fsp3) is 0.235. The summed E-state index contributed by atoms with van der Waals surface area (Å²) in [6.07, 6.45) is 0.151. The van der Waals surface area contributed by atoms with E-state index in [4.69, 9.17) is 37.4 Å². The van der Waals surface area contributed by atoms with Crippen molar-refractivity contribution in [2.75, 3.05) is 26.1 Å². The fourth-order valence-electron chi connectivity index (χ4n) is 1.96. The molecular weight excluding hydrogens is 353 g/mol. The Balaban J connectivity index is 1.90. The molecule has 2 aromatic carbocycles. The lowest BCUT2D eigenvalue weighted by atomic mass is 10.2. The van der Waals surface area contributed by atoms with Gasteiger partial charge in [-0.2, -0.15) is 0 Å². The number of benzene rings is 2. The topological polar surface area (TPSA) is 56.8 Å². The first-order valence-corrected chi connectivity index (χ1v) is 7.89. The molecule has 0 radical (unpaired) electrons. The van der Waals surface area contributed by atoms with Crippen LogP contribution in [-0.2, 0) is 4.79 Å². The van der Waals surface area contributed by atoms with E-state index >= 15 is 0 Å². The van der Waals surface area contributed by atoms with Gasteiger partial charge in [-0.1, -0.05) is 23.2 Å². The van der Waals surface area contributed by atoms with E-state index in [2.05, 4.69) is 5.32 Å². The predicted octanol–water partition coefficient (Wildman–Crippen LogP) is 4.42. The molecule has 7 heteroatoms. The maximum atomic E-state index is 12.0. The molecule has 1 amide bonds. The third-order valence-corrected chi connectivity index (χ3v) is 3.71. The van der Waals surface area contributed by atoms with Gasteiger partial charge in [0.1, 0.15) is 17.2 Å². The van der Waals surface area contributed by atoms with Gasteiger partial charge in [0.15, 0.2) is 0 Å². The summed E-state index contributed by atoms with van der Waals surface area (Å²) in [4.78, 5) is 12.0. The molecule has 0 bridgehead atoms. The van der Waals surface area contributed by atoms with Gasteiger partial charge in [0, 0.05) is 17.2 Å². The number of rotatable bonds is 7. The van der Waals surface area contributed by atoms with Crippen LogP contribution < -0.4 is 19.5 Å².